The van der Waals surface area contributed by atoms with E-state index in [0.717, 1.165) is 21.3 Å². The van der Waals surface area contributed by atoms with Crippen molar-refractivity contribution in [3.8, 4) is 28.6 Å². The summed E-state index contributed by atoms with van der Waals surface area (Å²) in [5, 5.41) is 5.08. The Morgan fingerprint density at radius 3 is 2.65 bits per heavy atom. The third-order valence-corrected chi connectivity index (χ3v) is 6.39. The third-order valence-electron chi connectivity index (χ3n) is 5.90. The standard InChI is InChI=1S/C29H20BrN3O4/c30-22-11-13-25(35-17-19-10-12-26-27(14-19)37-18-36-26)21(15-22)16-31-33-28(20-6-2-1-3-7-20)32-24-9-5-4-8-23(24)29(33)34/h1-16H,17-18H2. The first kappa shape index (κ1) is 23.0. The maximum atomic E-state index is 13.4. The van der Waals surface area contributed by atoms with E-state index in [1.54, 1.807) is 12.3 Å². The van der Waals surface area contributed by atoms with Crippen LogP contribution in [0.1, 0.15) is 11.1 Å². The van der Waals surface area contributed by atoms with E-state index in [1.807, 2.05) is 84.9 Å². The van der Waals surface area contributed by atoms with Crippen molar-refractivity contribution in [3.05, 3.63) is 117 Å². The summed E-state index contributed by atoms with van der Waals surface area (Å²) < 4.78 is 19.2. The number of para-hydroxylation sites is 1. The molecule has 0 unspecified atom stereocenters. The molecule has 6 rings (SSSR count). The van der Waals surface area contributed by atoms with Crippen molar-refractivity contribution in [1.29, 1.82) is 0 Å². The van der Waals surface area contributed by atoms with E-state index in [2.05, 4.69) is 21.0 Å². The minimum Gasteiger partial charge on any atom is -0.488 e. The summed E-state index contributed by atoms with van der Waals surface area (Å²) in [6, 6.07) is 28.2. The number of fused-ring (bicyclic) bond motifs is 2. The molecule has 1 aliphatic heterocycles. The van der Waals surface area contributed by atoms with Gasteiger partial charge in [-0.05, 0) is 48.0 Å². The molecule has 37 heavy (non-hydrogen) atoms. The fourth-order valence-corrected chi connectivity index (χ4v) is 4.45. The molecule has 0 saturated heterocycles. The predicted octanol–water partition coefficient (Wildman–Crippen LogP) is 6.02. The van der Waals surface area contributed by atoms with Crippen LogP contribution in [0.4, 0.5) is 0 Å². The van der Waals surface area contributed by atoms with Crippen LogP contribution in [-0.4, -0.2) is 22.7 Å². The van der Waals surface area contributed by atoms with Crippen molar-refractivity contribution in [2.45, 2.75) is 6.61 Å². The van der Waals surface area contributed by atoms with Crippen LogP contribution < -0.4 is 19.8 Å². The van der Waals surface area contributed by atoms with Gasteiger partial charge in [0.1, 0.15) is 12.4 Å². The summed E-state index contributed by atoms with van der Waals surface area (Å²) in [6.45, 7) is 0.548. The monoisotopic (exact) mass is 553 g/mol. The van der Waals surface area contributed by atoms with Crippen LogP contribution in [0.15, 0.2) is 105 Å². The average molecular weight is 554 g/mol. The van der Waals surface area contributed by atoms with Gasteiger partial charge in [0, 0.05) is 15.6 Å². The Labute approximate surface area is 220 Å². The summed E-state index contributed by atoms with van der Waals surface area (Å²) in [4.78, 5) is 18.2. The van der Waals surface area contributed by atoms with Gasteiger partial charge in [-0.25, -0.2) is 4.98 Å². The fraction of sp³-hybridized carbons (Fsp3) is 0.0690. The van der Waals surface area contributed by atoms with Gasteiger partial charge >= 0.3 is 0 Å². The number of hydrogen-bond donors (Lipinski definition) is 0. The number of benzene rings is 4. The first-order valence-corrected chi connectivity index (χ1v) is 12.4. The number of ether oxygens (including phenoxy) is 3. The SMILES string of the molecule is O=c1c2ccccc2nc(-c2ccccc2)n1N=Cc1cc(Br)ccc1OCc1ccc2c(c1)OCO2. The first-order chi connectivity index (χ1) is 18.2. The molecule has 0 atom stereocenters. The normalized spacial score (nSPS) is 12.4. The Morgan fingerprint density at radius 2 is 1.76 bits per heavy atom. The summed E-state index contributed by atoms with van der Waals surface area (Å²) in [7, 11) is 0. The topological polar surface area (TPSA) is 74.9 Å². The highest BCUT2D eigenvalue weighted by molar-refractivity contribution is 9.10. The summed E-state index contributed by atoms with van der Waals surface area (Å²) >= 11 is 3.52. The molecule has 2 heterocycles. The molecule has 0 saturated carbocycles. The zero-order chi connectivity index (χ0) is 25.2. The molecule has 0 spiro atoms. The van der Waals surface area contributed by atoms with Crippen molar-refractivity contribution < 1.29 is 14.2 Å². The van der Waals surface area contributed by atoms with Gasteiger partial charge in [0.25, 0.3) is 5.56 Å². The first-order valence-electron chi connectivity index (χ1n) is 11.6. The Kier molecular flexibility index (Phi) is 6.16. The molecule has 4 aromatic carbocycles. The van der Waals surface area contributed by atoms with Gasteiger partial charge < -0.3 is 14.2 Å². The van der Waals surface area contributed by atoms with E-state index in [4.69, 9.17) is 19.2 Å². The lowest BCUT2D eigenvalue weighted by Gasteiger charge is -2.11. The van der Waals surface area contributed by atoms with E-state index in [0.29, 0.717) is 40.4 Å². The molecular formula is C29H20BrN3O4. The highest BCUT2D eigenvalue weighted by Crippen LogP contribution is 2.33. The van der Waals surface area contributed by atoms with E-state index in [-0.39, 0.29) is 12.4 Å². The van der Waals surface area contributed by atoms with Crippen LogP contribution >= 0.6 is 15.9 Å². The van der Waals surface area contributed by atoms with Crippen LogP contribution in [0, 0.1) is 0 Å². The largest absolute Gasteiger partial charge is 0.488 e. The third kappa shape index (κ3) is 4.71. The van der Waals surface area contributed by atoms with Gasteiger partial charge in [0.05, 0.1) is 17.1 Å². The zero-order valence-electron chi connectivity index (χ0n) is 19.5. The molecule has 0 bridgehead atoms. The molecule has 1 aliphatic rings. The maximum absolute atomic E-state index is 13.4. The van der Waals surface area contributed by atoms with Gasteiger partial charge in [-0.15, -0.1) is 0 Å². The highest BCUT2D eigenvalue weighted by Gasteiger charge is 2.15. The quantitative estimate of drug-likeness (QED) is 0.240. The van der Waals surface area contributed by atoms with Crippen LogP contribution in [0.2, 0.25) is 0 Å². The molecule has 8 heteroatoms. The second-order valence-corrected chi connectivity index (χ2v) is 9.25. The summed E-state index contributed by atoms with van der Waals surface area (Å²) in [6.07, 6.45) is 1.62. The molecule has 7 nitrogen and oxygen atoms in total. The maximum Gasteiger partial charge on any atom is 0.282 e. The lowest BCUT2D eigenvalue weighted by atomic mass is 10.2. The Balaban J connectivity index is 1.37. The second kappa shape index (κ2) is 9.91. The van der Waals surface area contributed by atoms with Gasteiger partial charge in [-0.2, -0.15) is 9.78 Å². The molecule has 5 aromatic rings. The van der Waals surface area contributed by atoms with Crippen LogP contribution in [0.3, 0.4) is 0 Å². The lowest BCUT2D eigenvalue weighted by molar-refractivity contribution is 0.174. The molecule has 1 aromatic heterocycles. The molecule has 0 amide bonds. The minimum atomic E-state index is -0.251. The van der Waals surface area contributed by atoms with Crippen LogP contribution in [0.5, 0.6) is 17.2 Å². The minimum absolute atomic E-state index is 0.223. The van der Waals surface area contributed by atoms with Gasteiger partial charge in [0.2, 0.25) is 6.79 Å². The van der Waals surface area contributed by atoms with E-state index in [1.165, 1.54) is 4.68 Å². The zero-order valence-corrected chi connectivity index (χ0v) is 21.1. The van der Waals surface area contributed by atoms with Crippen LogP contribution in [-0.2, 0) is 6.61 Å². The second-order valence-electron chi connectivity index (χ2n) is 8.34. The van der Waals surface area contributed by atoms with Crippen molar-refractivity contribution >= 4 is 33.0 Å². The predicted molar refractivity (Wildman–Crippen MR) is 145 cm³/mol. The van der Waals surface area contributed by atoms with Crippen molar-refractivity contribution in [2.75, 3.05) is 6.79 Å². The summed E-state index contributed by atoms with van der Waals surface area (Å²) in [5.74, 6) is 2.50. The number of aromatic nitrogens is 2. The lowest BCUT2D eigenvalue weighted by Crippen LogP contribution is -2.20. The average Bonchev–Trinajstić information content (AvgIpc) is 3.40. The van der Waals surface area contributed by atoms with Gasteiger partial charge in [0.15, 0.2) is 17.3 Å². The van der Waals surface area contributed by atoms with Crippen molar-refractivity contribution in [2.24, 2.45) is 5.10 Å². The van der Waals surface area contributed by atoms with Crippen molar-refractivity contribution in [3.63, 3.8) is 0 Å². The van der Waals surface area contributed by atoms with Crippen LogP contribution in [0.25, 0.3) is 22.3 Å². The number of halogens is 1. The Morgan fingerprint density at radius 1 is 0.946 bits per heavy atom. The molecular weight excluding hydrogens is 534 g/mol. The molecule has 0 fully saturated rings. The fourth-order valence-electron chi connectivity index (χ4n) is 4.07. The number of nitrogens with zero attached hydrogens (tertiary/aromatic N) is 3. The molecule has 182 valence electrons. The number of hydrogen-bond acceptors (Lipinski definition) is 6. The van der Waals surface area contributed by atoms with E-state index in [9.17, 15) is 4.79 Å². The number of rotatable bonds is 6. The Bertz CT molecular complexity index is 1700. The van der Waals surface area contributed by atoms with Gasteiger partial charge in [-0.1, -0.05) is 64.5 Å². The smallest absolute Gasteiger partial charge is 0.282 e. The molecule has 0 N–H and O–H groups in total. The van der Waals surface area contributed by atoms with Gasteiger partial charge in [-0.3, -0.25) is 4.79 Å². The van der Waals surface area contributed by atoms with E-state index < -0.39 is 0 Å². The Hall–Kier alpha value is -4.43. The van der Waals surface area contributed by atoms with E-state index >= 15 is 0 Å². The van der Waals surface area contributed by atoms with Crippen molar-refractivity contribution in [1.82, 2.24) is 9.66 Å². The molecule has 0 aliphatic carbocycles. The highest BCUT2D eigenvalue weighted by atomic mass is 79.9. The molecule has 0 radical (unpaired) electrons. The summed E-state index contributed by atoms with van der Waals surface area (Å²) in [5.41, 5.74) is 2.80.